The molecule has 1 saturated carbocycles. The Morgan fingerprint density at radius 1 is 0.829 bits per heavy atom. The Morgan fingerprint density at radius 2 is 1.51 bits per heavy atom. The molecule has 8 nitrogen and oxygen atoms in total. The van der Waals surface area contributed by atoms with Gasteiger partial charge in [-0.2, -0.15) is 5.10 Å². The number of rotatable bonds is 5. The fourth-order valence-electron chi connectivity index (χ4n) is 5.47. The molecule has 8 heteroatoms. The third-order valence-electron chi connectivity index (χ3n) is 7.30. The normalized spacial score (nSPS) is 21.3. The molecule has 2 aliphatic rings. The first kappa shape index (κ1) is 22.0. The largest absolute Gasteiger partial charge is 0.457 e. The molecule has 1 saturated heterocycles. The summed E-state index contributed by atoms with van der Waals surface area (Å²) in [6, 6.07) is 18.8. The van der Waals surface area contributed by atoms with E-state index >= 15 is 0 Å². The molecule has 1 aliphatic heterocycles. The lowest BCUT2D eigenvalue weighted by Crippen LogP contribution is -2.49. The average molecular weight is 470 g/mol. The number of hydrogen-bond donors (Lipinski definition) is 2. The second-order valence-electron chi connectivity index (χ2n) is 9.44. The van der Waals surface area contributed by atoms with Gasteiger partial charge in [0, 0.05) is 37.8 Å². The van der Waals surface area contributed by atoms with Crippen LogP contribution in [-0.2, 0) is 0 Å². The lowest BCUT2D eigenvalue weighted by molar-refractivity contribution is 0.121. The SMILES string of the molecule is Nc1ncnc2c1c(-c1ccc(Oc3ccccc3)cc1)nn2C1CCC(N2CCNCC2)CC1. The number of fused-ring (bicyclic) bond motifs is 1. The third kappa shape index (κ3) is 4.47. The number of nitrogens with one attached hydrogen (secondary N) is 1. The summed E-state index contributed by atoms with van der Waals surface area (Å²) in [5.74, 6) is 2.05. The number of piperazine rings is 1. The molecule has 0 atom stereocenters. The van der Waals surface area contributed by atoms with Crippen molar-refractivity contribution in [1.82, 2.24) is 30.0 Å². The highest BCUT2D eigenvalue weighted by Crippen LogP contribution is 2.37. The summed E-state index contributed by atoms with van der Waals surface area (Å²) in [6.45, 7) is 4.49. The van der Waals surface area contributed by atoms with E-state index in [1.807, 2.05) is 54.6 Å². The minimum atomic E-state index is 0.320. The predicted octanol–water partition coefficient (Wildman–Crippen LogP) is 4.26. The molecule has 2 aromatic heterocycles. The Labute approximate surface area is 205 Å². The summed E-state index contributed by atoms with van der Waals surface area (Å²) in [4.78, 5) is 11.5. The van der Waals surface area contributed by atoms with Gasteiger partial charge in [0.05, 0.1) is 11.4 Å². The molecular formula is C27H31N7O. The van der Waals surface area contributed by atoms with Crippen molar-refractivity contribution in [1.29, 1.82) is 0 Å². The molecule has 3 heterocycles. The number of para-hydroxylation sites is 1. The first-order valence-electron chi connectivity index (χ1n) is 12.5. The lowest BCUT2D eigenvalue weighted by Gasteiger charge is -2.39. The quantitative estimate of drug-likeness (QED) is 0.451. The maximum absolute atomic E-state index is 6.35. The molecule has 4 aromatic rings. The molecule has 0 unspecified atom stereocenters. The molecule has 0 spiro atoms. The monoisotopic (exact) mass is 469 g/mol. The number of nitrogens with two attached hydrogens (primary N) is 1. The standard InChI is InChI=1S/C27H31N7O/c28-26-24-25(19-6-12-23(13-7-19)35-22-4-2-1-3-5-22)32-34(27(24)31-18-30-26)21-10-8-20(9-11-21)33-16-14-29-15-17-33/h1-7,12-13,18,20-21,29H,8-11,14-17H2,(H2,28,30,31). The van der Waals surface area contributed by atoms with Gasteiger partial charge in [-0.3, -0.25) is 4.90 Å². The van der Waals surface area contributed by atoms with Crippen molar-refractivity contribution in [2.45, 2.75) is 37.8 Å². The summed E-state index contributed by atoms with van der Waals surface area (Å²) in [5, 5.41) is 9.35. The minimum Gasteiger partial charge on any atom is -0.457 e. The van der Waals surface area contributed by atoms with E-state index in [0.717, 1.165) is 72.8 Å². The number of hydrogen-bond acceptors (Lipinski definition) is 7. The van der Waals surface area contributed by atoms with Crippen LogP contribution >= 0.6 is 0 Å². The van der Waals surface area contributed by atoms with Crippen LogP contribution in [-0.4, -0.2) is 56.9 Å². The van der Waals surface area contributed by atoms with Crippen molar-refractivity contribution in [2.24, 2.45) is 0 Å². The van der Waals surface area contributed by atoms with Gasteiger partial charge in [0.2, 0.25) is 0 Å². The topological polar surface area (TPSA) is 94.1 Å². The summed E-state index contributed by atoms with van der Waals surface area (Å²) in [7, 11) is 0. The van der Waals surface area contributed by atoms with E-state index in [2.05, 4.69) is 24.9 Å². The number of nitrogen functional groups attached to an aromatic ring is 1. The van der Waals surface area contributed by atoms with Crippen molar-refractivity contribution >= 4 is 16.9 Å². The van der Waals surface area contributed by atoms with Crippen molar-refractivity contribution in [3.63, 3.8) is 0 Å². The van der Waals surface area contributed by atoms with Crippen LogP contribution in [0.15, 0.2) is 60.9 Å². The highest BCUT2D eigenvalue weighted by Gasteiger charge is 2.30. The van der Waals surface area contributed by atoms with Gasteiger partial charge in [0.1, 0.15) is 29.3 Å². The number of anilines is 1. The zero-order valence-corrected chi connectivity index (χ0v) is 19.8. The summed E-state index contributed by atoms with van der Waals surface area (Å²) < 4.78 is 8.06. The van der Waals surface area contributed by atoms with Gasteiger partial charge in [-0.1, -0.05) is 18.2 Å². The molecule has 2 aromatic carbocycles. The number of ether oxygens (including phenoxy) is 1. The van der Waals surface area contributed by atoms with E-state index < -0.39 is 0 Å². The van der Waals surface area contributed by atoms with Gasteiger partial charge >= 0.3 is 0 Å². The molecule has 2 fully saturated rings. The smallest absolute Gasteiger partial charge is 0.164 e. The Kier molecular flexibility index (Phi) is 6.06. The number of nitrogens with zero attached hydrogens (tertiary/aromatic N) is 5. The van der Waals surface area contributed by atoms with E-state index in [9.17, 15) is 0 Å². The van der Waals surface area contributed by atoms with Gasteiger partial charge in [-0.15, -0.1) is 0 Å². The summed E-state index contributed by atoms with van der Waals surface area (Å²) in [5.41, 5.74) is 8.97. The van der Waals surface area contributed by atoms with Gasteiger partial charge in [0.25, 0.3) is 0 Å². The third-order valence-corrected chi connectivity index (χ3v) is 7.30. The summed E-state index contributed by atoms with van der Waals surface area (Å²) in [6.07, 6.45) is 6.11. The molecule has 1 aliphatic carbocycles. The molecule has 0 radical (unpaired) electrons. The van der Waals surface area contributed by atoms with Crippen LogP contribution in [0, 0.1) is 0 Å². The van der Waals surface area contributed by atoms with Crippen molar-refractivity contribution in [3.05, 3.63) is 60.9 Å². The minimum absolute atomic E-state index is 0.320. The number of benzene rings is 2. The molecule has 180 valence electrons. The van der Waals surface area contributed by atoms with Gasteiger partial charge in [-0.25, -0.2) is 14.6 Å². The van der Waals surface area contributed by atoms with E-state index in [1.165, 1.54) is 12.8 Å². The highest BCUT2D eigenvalue weighted by molar-refractivity contribution is 5.98. The molecule has 35 heavy (non-hydrogen) atoms. The highest BCUT2D eigenvalue weighted by atomic mass is 16.5. The van der Waals surface area contributed by atoms with Gasteiger partial charge in [0.15, 0.2) is 5.65 Å². The van der Waals surface area contributed by atoms with Crippen molar-refractivity contribution in [2.75, 3.05) is 31.9 Å². The molecule has 0 bridgehead atoms. The van der Waals surface area contributed by atoms with E-state index in [0.29, 0.717) is 17.9 Å². The lowest BCUT2D eigenvalue weighted by atomic mass is 9.90. The molecule has 6 rings (SSSR count). The van der Waals surface area contributed by atoms with Crippen molar-refractivity contribution in [3.8, 4) is 22.8 Å². The Bertz CT molecular complexity index is 1270. The van der Waals surface area contributed by atoms with Crippen LogP contribution in [0.4, 0.5) is 5.82 Å². The average Bonchev–Trinajstić information content (AvgIpc) is 3.31. The second kappa shape index (κ2) is 9.64. The van der Waals surface area contributed by atoms with E-state index in [-0.39, 0.29) is 0 Å². The van der Waals surface area contributed by atoms with Crippen LogP contribution < -0.4 is 15.8 Å². The van der Waals surface area contributed by atoms with Crippen molar-refractivity contribution < 1.29 is 4.74 Å². The Hall–Kier alpha value is -3.49. The molecule has 3 N–H and O–H groups in total. The first-order chi connectivity index (χ1) is 17.3. The van der Waals surface area contributed by atoms with Gasteiger partial charge in [-0.05, 0) is 62.1 Å². The van der Waals surface area contributed by atoms with Crippen LogP contribution in [0.25, 0.3) is 22.3 Å². The fourth-order valence-corrected chi connectivity index (χ4v) is 5.47. The van der Waals surface area contributed by atoms with Crippen LogP contribution in [0.3, 0.4) is 0 Å². The van der Waals surface area contributed by atoms with Crippen LogP contribution in [0.2, 0.25) is 0 Å². The number of aromatic nitrogens is 4. The Balaban J connectivity index is 1.26. The van der Waals surface area contributed by atoms with Gasteiger partial charge < -0.3 is 15.8 Å². The fraction of sp³-hybridized carbons (Fsp3) is 0.370. The molecular weight excluding hydrogens is 438 g/mol. The van der Waals surface area contributed by atoms with Crippen LogP contribution in [0.1, 0.15) is 31.7 Å². The Morgan fingerprint density at radius 3 is 2.26 bits per heavy atom. The zero-order valence-electron chi connectivity index (χ0n) is 19.8. The zero-order chi connectivity index (χ0) is 23.6. The second-order valence-corrected chi connectivity index (χ2v) is 9.44. The molecule has 0 amide bonds. The van der Waals surface area contributed by atoms with E-state index in [1.54, 1.807) is 6.33 Å². The predicted molar refractivity (Wildman–Crippen MR) is 137 cm³/mol. The first-order valence-corrected chi connectivity index (χ1v) is 12.5. The van der Waals surface area contributed by atoms with E-state index in [4.69, 9.17) is 15.6 Å². The summed E-state index contributed by atoms with van der Waals surface area (Å²) >= 11 is 0. The maximum Gasteiger partial charge on any atom is 0.164 e. The van der Waals surface area contributed by atoms with Crippen LogP contribution in [0.5, 0.6) is 11.5 Å². The maximum atomic E-state index is 6.35.